The van der Waals surface area contributed by atoms with Crippen LogP contribution >= 0.6 is 0 Å². The summed E-state index contributed by atoms with van der Waals surface area (Å²) in [6, 6.07) is 0. The summed E-state index contributed by atoms with van der Waals surface area (Å²) in [4.78, 5) is 73.5. The minimum atomic E-state index is -1.33. The van der Waals surface area contributed by atoms with Crippen LogP contribution in [-0.2, 0) is 24.0 Å². The Balaban J connectivity index is 0. The van der Waals surface area contributed by atoms with Gasteiger partial charge in [0, 0.05) is 43.8 Å². The van der Waals surface area contributed by atoms with Gasteiger partial charge < -0.3 is 21.7 Å². The molecule has 1 aliphatic carbocycles. The second kappa shape index (κ2) is 16.4. The SMILES string of the molecule is CC1=CC(=O)CC(C)(C)C1.CCN1C(=O)C=CC1=O.CCN1C(=O)C=CC1=O.NC(=O)O.NC(=O)O. The summed E-state index contributed by atoms with van der Waals surface area (Å²) >= 11 is 0. The number of amides is 6. The summed E-state index contributed by atoms with van der Waals surface area (Å²) in [7, 11) is 0. The van der Waals surface area contributed by atoms with Gasteiger partial charge in [-0.2, -0.15) is 0 Å². The second-order valence-electron chi connectivity index (χ2n) is 8.16. The van der Waals surface area contributed by atoms with Crippen molar-refractivity contribution in [2.75, 3.05) is 13.1 Å². The fourth-order valence-electron chi connectivity index (χ4n) is 3.15. The molecule has 6 amide bonds. The average molecular weight is 511 g/mol. The fraction of sp³-hybridized carbons (Fsp3) is 0.435. The lowest BCUT2D eigenvalue weighted by Crippen LogP contribution is -2.29. The number of hydrogen-bond donors (Lipinski definition) is 4. The third-order valence-corrected chi connectivity index (χ3v) is 4.25. The number of imide groups is 2. The Hall–Kier alpha value is -4.29. The van der Waals surface area contributed by atoms with E-state index in [4.69, 9.17) is 19.8 Å². The third kappa shape index (κ3) is 15.5. The third-order valence-electron chi connectivity index (χ3n) is 4.25. The minimum absolute atomic E-state index is 0.204. The van der Waals surface area contributed by atoms with Crippen molar-refractivity contribution in [3.63, 3.8) is 0 Å². The van der Waals surface area contributed by atoms with Gasteiger partial charge in [0.05, 0.1) is 0 Å². The molecule has 0 atom stereocenters. The minimum Gasteiger partial charge on any atom is -0.465 e. The normalized spacial score (nSPS) is 16.9. The molecule has 0 radical (unpaired) electrons. The zero-order valence-corrected chi connectivity index (χ0v) is 21.0. The second-order valence-corrected chi connectivity index (χ2v) is 8.16. The van der Waals surface area contributed by atoms with Crippen LogP contribution < -0.4 is 11.5 Å². The van der Waals surface area contributed by atoms with Crippen LogP contribution in [0.3, 0.4) is 0 Å². The number of ketones is 1. The van der Waals surface area contributed by atoms with E-state index in [1.807, 2.05) is 6.92 Å². The number of nitrogens with zero attached hydrogens (tertiary/aromatic N) is 2. The van der Waals surface area contributed by atoms with E-state index < -0.39 is 12.2 Å². The fourth-order valence-corrected chi connectivity index (χ4v) is 3.15. The smallest absolute Gasteiger partial charge is 0.402 e. The summed E-state index contributed by atoms with van der Waals surface area (Å²) < 4.78 is 0. The highest BCUT2D eigenvalue weighted by molar-refractivity contribution is 6.13. The van der Waals surface area contributed by atoms with Gasteiger partial charge >= 0.3 is 12.2 Å². The van der Waals surface area contributed by atoms with Crippen molar-refractivity contribution >= 4 is 41.6 Å². The highest BCUT2D eigenvalue weighted by Crippen LogP contribution is 2.32. The Morgan fingerprint density at radius 3 is 1.22 bits per heavy atom. The van der Waals surface area contributed by atoms with Crippen LogP contribution in [0.5, 0.6) is 0 Å². The van der Waals surface area contributed by atoms with Crippen LogP contribution in [0.1, 0.15) is 47.5 Å². The molecule has 6 N–H and O–H groups in total. The van der Waals surface area contributed by atoms with E-state index in [1.165, 1.54) is 39.7 Å². The molecule has 0 saturated heterocycles. The van der Waals surface area contributed by atoms with E-state index in [0.29, 0.717) is 19.5 Å². The van der Waals surface area contributed by atoms with Gasteiger partial charge in [0.1, 0.15) is 0 Å². The van der Waals surface area contributed by atoms with Gasteiger partial charge in [0.15, 0.2) is 5.78 Å². The molecule has 0 fully saturated rings. The van der Waals surface area contributed by atoms with E-state index in [2.05, 4.69) is 25.3 Å². The topological polar surface area (TPSA) is 218 Å². The van der Waals surface area contributed by atoms with Gasteiger partial charge in [-0.1, -0.05) is 19.4 Å². The summed E-state index contributed by atoms with van der Waals surface area (Å²) in [5, 5.41) is 14.4. The Morgan fingerprint density at radius 1 is 0.778 bits per heavy atom. The highest BCUT2D eigenvalue weighted by atomic mass is 16.4. The van der Waals surface area contributed by atoms with Gasteiger partial charge in [0.25, 0.3) is 23.6 Å². The first-order valence-corrected chi connectivity index (χ1v) is 10.7. The summed E-state index contributed by atoms with van der Waals surface area (Å²) in [5.74, 6) is -0.538. The van der Waals surface area contributed by atoms with Crippen LogP contribution in [0.25, 0.3) is 0 Å². The lowest BCUT2D eigenvalue weighted by atomic mass is 9.77. The number of rotatable bonds is 2. The molecular formula is C23H34N4O9. The van der Waals surface area contributed by atoms with Crippen LogP contribution in [0, 0.1) is 5.41 Å². The highest BCUT2D eigenvalue weighted by Gasteiger charge is 2.25. The maximum Gasteiger partial charge on any atom is 0.402 e. The molecule has 0 aromatic rings. The van der Waals surface area contributed by atoms with Crippen molar-refractivity contribution < 1.29 is 43.8 Å². The van der Waals surface area contributed by atoms with E-state index in [0.717, 1.165) is 6.42 Å². The first-order valence-electron chi connectivity index (χ1n) is 10.7. The Morgan fingerprint density at radius 2 is 1.06 bits per heavy atom. The van der Waals surface area contributed by atoms with Gasteiger partial charge in [-0.05, 0) is 38.7 Å². The number of likely N-dealkylation sites (N-methyl/N-ethyl adjacent to an activating group) is 2. The van der Waals surface area contributed by atoms with Gasteiger partial charge in [0.2, 0.25) is 0 Å². The largest absolute Gasteiger partial charge is 0.465 e. The lowest BCUT2D eigenvalue weighted by molar-refractivity contribution is -0.138. The summed E-state index contributed by atoms with van der Waals surface area (Å²) in [5.41, 5.74) is 9.48. The van der Waals surface area contributed by atoms with Gasteiger partial charge in [-0.3, -0.25) is 33.8 Å². The quantitative estimate of drug-likeness (QED) is 0.394. The standard InChI is InChI=1S/C9H14O.2C6H7NO2.2CH3NO2/c1-7-4-8(10)6-9(2,3)5-7;2*1-2-7-5(8)3-4-6(7)9;2*2-1(3)4/h4H,5-6H2,1-3H3;2*3-4H,2H2,1H3;2*2H2,(H,3,4). The Kier molecular flexibility index (Phi) is 15.4. The van der Waals surface area contributed by atoms with Gasteiger partial charge in [-0.25, -0.2) is 9.59 Å². The number of carbonyl (C=O) groups is 7. The van der Waals surface area contributed by atoms with Crippen molar-refractivity contribution in [3.05, 3.63) is 36.0 Å². The molecule has 0 saturated carbocycles. The monoisotopic (exact) mass is 510 g/mol. The van der Waals surface area contributed by atoms with Crippen molar-refractivity contribution in [2.24, 2.45) is 16.9 Å². The predicted molar refractivity (Wildman–Crippen MR) is 129 cm³/mol. The van der Waals surface area contributed by atoms with Crippen LogP contribution in [-0.4, -0.2) is 74.7 Å². The molecule has 2 heterocycles. The number of nitrogens with two attached hydrogens (primary N) is 2. The van der Waals surface area contributed by atoms with Crippen molar-refractivity contribution in [2.45, 2.75) is 47.5 Å². The average Bonchev–Trinajstić information content (AvgIpc) is 3.19. The molecule has 0 spiro atoms. The molecular weight excluding hydrogens is 476 g/mol. The molecule has 0 unspecified atom stereocenters. The molecule has 200 valence electrons. The molecule has 3 rings (SSSR count). The first kappa shape index (κ1) is 33.9. The number of hydrogen-bond acceptors (Lipinski definition) is 7. The zero-order valence-electron chi connectivity index (χ0n) is 21.0. The van der Waals surface area contributed by atoms with Crippen molar-refractivity contribution in [3.8, 4) is 0 Å². The Bertz CT molecular complexity index is 851. The van der Waals surface area contributed by atoms with Crippen LogP contribution in [0.4, 0.5) is 9.59 Å². The van der Waals surface area contributed by atoms with E-state index in [9.17, 15) is 24.0 Å². The van der Waals surface area contributed by atoms with E-state index in [1.54, 1.807) is 19.9 Å². The number of carbonyl (C=O) groups excluding carboxylic acids is 5. The summed E-state index contributed by atoms with van der Waals surface area (Å²) in [6.45, 7) is 10.8. The zero-order chi connectivity index (χ0) is 28.6. The number of allylic oxidation sites excluding steroid dienone is 2. The molecule has 0 aromatic heterocycles. The molecule has 0 bridgehead atoms. The predicted octanol–water partition coefficient (Wildman–Crippen LogP) is 1.43. The van der Waals surface area contributed by atoms with Crippen LogP contribution in [0.15, 0.2) is 36.0 Å². The maximum atomic E-state index is 11.0. The van der Waals surface area contributed by atoms with Gasteiger partial charge in [-0.15, -0.1) is 0 Å². The summed E-state index contributed by atoms with van der Waals surface area (Å²) in [6.07, 6.45) is 6.02. The van der Waals surface area contributed by atoms with Crippen LogP contribution in [0.2, 0.25) is 0 Å². The molecule has 2 aliphatic heterocycles. The molecule has 13 nitrogen and oxygen atoms in total. The van der Waals surface area contributed by atoms with E-state index in [-0.39, 0.29) is 34.8 Å². The maximum absolute atomic E-state index is 11.0. The molecule has 0 aromatic carbocycles. The number of carboxylic acid groups (broad SMARTS) is 2. The molecule has 3 aliphatic rings. The molecule has 13 heteroatoms. The number of primary amides is 2. The lowest BCUT2D eigenvalue weighted by Gasteiger charge is -2.27. The first-order chi connectivity index (χ1) is 16.5. The van der Waals surface area contributed by atoms with Crippen molar-refractivity contribution in [1.82, 2.24) is 9.80 Å². The van der Waals surface area contributed by atoms with E-state index >= 15 is 0 Å². The van der Waals surface area contributed by atoms with Crippen molar-refractivity contribution in [1.29, 1.82) is 0 Å². The molecule has 36 heavy (non-hydrogen) atoms. The Labute approximate surface area is 209 Å².